The highest BCUT2D eigenvalue weighted by molar-refractivity contribution is 5.91. The molecule has 3 heterocycles. The first kappa shape index (κ1) is 9.54. The Morgan fingerprint density at radius 2 is 2.29 bits per heavy atom. The Labute approximate surface area is 100 Å². The van der Waals surface area contributed by atoms with Crippen molar-refractivity contribution in [2.24, 2.45) is 0 Å². The van der Waals surface area contributed by atoms with Gasteiger partial charge in [0, 0.05) is 17.6 Å². The number of rotatable bonds is 0. The van der Waals surface area contributed by atoms with Gasteiger partial charge in [-0.25, -0.2) is 0 Å². The second-order valence-electron chi connectivity index (χ2n) is 4.86. The molecule has 0 saturated carbocycles. The van der Waals surface area contributed by atoms with Crippen molar-refractivity contribution in [1.29, 1.82) is 0 Å². The first-order valence-electron chi connectivity index (χ1n) is 6.41. The van der Waals surface area contributed by atoms with E-state index in [1.165, 1.54) is 35.0 Å². The zero-order chi connectivity index (χ0) is 11.2. The molecule has 0 atom stereocenters. The predicted molar refractivity (Wildman–Crippen MR) is 67.5 cm³/mol. The molecule has 1 aromatic carbocycles. The van der Waals surface area contributed by atoms with E-state index in [2.05, 4.69) is 28.1 Å². The van der Waals surface area contributed by atoms with Crippen molar-refractivity contribution in [3.05, 3.63) is 29.5 Å². The number of fused-ring (bicyclic) bond motifs is 3. The summed E-state index contributed by atoms with van der Waals surface area (Å²) < 4.78 is 8.25. The highest BCUT2D eigenvalue weighted by atomic mass is 16.5. The van der Waals surface area contributed by atoms with Crippen molar-refractivity contribution in [3.63, 3.8) is 0 Å². The van der Waals surface area contributed by atoms with Crippen molar-refractivity contribution in [2.75, 3.05) is 13.2 Å². The molecule has 0 bridgehead atoms. The molecule has 3 heteroatoms. The van der Waals surface area contributed by atoms with Crippen molar-refractivity contribution >= 4 is 10.9 Å². The van der Waals surface area contributed by atoms with E-state index >= 15 is 0 Å². The number of hydrogen-bond donors (Lipinski definition) is 1. The SMILES string of the molecule is c1cc2c3c(c1)c1c(n3CCO2)CCCNC1. The van der Waals surface area contributed by atoms with E-state index in [4.69, 9.17) is 4.74 Å². The van der Waals surface area contributed by atoms with Gasteiger partial charge in [0.2, 0.25) is 0 Å². The lowest BCUT2D eigenvalue weighted by Crippen LogP contribution is -2.16. The summed E-state index contributed by atoms with van der Waals surface area (Å²) in [7, 11) is 0. The average Bonchev–Trinajstić information content (AvgIpc) is 2.55. The number of hydrogen-bond acceptors (Lipinski definition) is 2. The summed E-state index contributed by atoms with van der Waals surface area (Å²) in [5, 5.41) is 4.90. The summed E-state index contributed by atoms with van der Waals surface area (Å²) >= 11 is 0. The molecule has 88 valence electrons. The van der Waals surface area contributed by atoms with Gasteiger partial charge in [-0.3, -0.25) is 0 Å². The third-order valence-electron chi connectivity index (χ3n) is 3.91. The average molecular weight is 228 g/mol. The minimum Gasteiger partial charge on any atom is -0.490 e. The lowest BCUT2D eigenvalue weighted by molar-refractivity contribution is 0.285. The molecule has 0 aliphatic carbocycles. The first-order valence-corrected chi connectivity index (χ1v) is 6.41. The van der Waals surface area contributed by atoms with Crippen LogP contribution in [-0.4, -0.2) is 17.7 Å². The van der Waals surface area contributed by atoms with Crippen LogP contribution in [0.5, 0.6) is 5.75 Å². The zero-order valence-electron chi connectivity index (χ0n) is 9.83. The minimum atomic E-state index is 0.806. The highest BCUT2D eigenvalue weighted by Gasteiger charge is 2.23. The van der Waals surface area contributed by atoms with Gasteiger partial charge in [0.25, 0.3) is 0 Å². The maximum Gasteiger partial charge on any atom is 0.143 e. The molecule has 2 aliphatic rings. The predicted octanol–water partition coefficient (Wildman–Crippen LogP) is 2.07. The summed E-state index contributed by atoms with van der Waals surface area (Å²) in [4.78, 5) is 0. The smallest absolute Gasteiger partial charge is 0.143 e. The van der Waals surface area contributed by atoms with Gasteiger partial charge < -0.3 is 14.6 Å². The van der Waals surface area contributed by atoms with Gasteiger partial charge in [0.1, 0.15) is 12.4 Å². The Kier molecular flexibility index (Phi) is 1.97. The van der Waals surface area contributed by atoms with Crippen LogP contribution in [0.4, 0.5) is 0 Å². The van der Waals surface area contributed by atoms with E-state index in [0.29, 0.717) is 0 Å². The molecule has 0 radical (unpaired) electrons. The number of benzene rings is 1. The Hall–Kier alpha value is -1.48. The van der Waals surface area contributed by atoms with Crippen LogP contribution in [0, 0.1) is 0 Å². The van der Waals surface area contributed by atoms with Gasteiger partial charge in [0.05, 0.1) is 12.1 Å². The van der Waals surface area contributed by atoms with Crippen molar-refractivity contribution in [2.45, 2.75) is 25.9 Å². The minimum absolute atomic E-state index is 0.806. The Morgan fingerprint density at radius 1 is 1.29 bits per heavy atom. The normalized spacial score (nSPS) is 18.6. The Balaban J connectivity index is 2.09. The quantitative estimate of drug-likeness (QED) is 0.747. The van der Waals surface area contributed by atoms with E-state index < -0.39 is 0 Å². The van der Waals surface area contributed by atoms with Crippen molar-refractivity contribution < 1.29 is 4.74 Å². The third kappa shape index (κ3) is 1.26. The van der Waals surface area contributed by atoms with Gasteiger partial charge in [-0.1, -0.05) is 12.1 Å². The van der Waals surface area contributed by atoms with E-state index in [0.717, 1.165) is 32.0 Å². The van der Waals surface area contributed by atoms with Crippen LogP contribution < -0.4 is 10.1 Å². The number of para-hydroxylation sites is 1. The highest BCUT2D eigenvalue weighted by Crippen LogP contribution is 2.36. The van der Waals surface area contributed by atoms with Gasteiger partial charge in [-0.15, -0.1) is 0 Å². The molecule has 0 saturated heterocycles. The summed E-state index contributed by atoms with van der Waals surface area (Å²) in [6, 6.07) is 6.43. The monoisotopic (exact) mass is 228 g/mol. The van der Waals surface area contributed by atoms with Crippen LogP contribution in [0.3, 0.4) is 0 Å². The number of aromatic nitrogens is 1. The largest absolute Gasteiger partial charge is 0.490 e. The number of nitrogens with zero attached hydrogens (tertiary/aromatic N) is 1. The second-order valence-corrected chi connectivity index (χ2v) is 4.86. The van der Waals surface area contributed by atoms with Crippen LogP contribution in [0.15, 0.2) is 18.2 Å². The fourth-order valence-electron chi connectivity index (χ4n) is 3.19. The van der Waals surface area contributed by atoms with E-state index in [1.807, 2.05) is 0 Å². The van der Waals surface area contributed by atoms with Crippen molar-refractivity contribution in [3.8, 4) is 5.75 Å². The molecule has 0 amide bonds. The van der Waals surface area contributed by atoms with Crippen LogP contribution in [0.1, 0.15) is 17.7 Å². The van der Waals surface area contributed by atoms with Crippen LogP contribution >= 0.6 is 0 Å². The van der Waals surface area contributed by atoms with E-state index in [9.17, 15) is 0 Å². The maximum atomic E-state index is 5.76. The molecule has 1 N–H and O–H groups in total. The Morgan fingerprint density at radius 3 is 3.29 bits per heavy atom. The van der Waals surface area contributed by atoms with Crippen LogP contribution in [-0.2, 0) is 19.5 Å². The van der Waals surface area contributed by atoms with E-state index in [1.54, 1.807) is 0 Å². The molecule has 3 nitrogen and oxygen atoms in total. The molecule has 0 unspecified atom stereocenters. The van der Waals surface area contributed by atoms with Gasteiger partial charge >= 0.3 is 0 Å². The molecular formula is C14H16N2O. The molecule has 2 aromatic rings. The number of ether oxygens (including phenoxy) is 1. The summed E-state index contributed by atoms with van der Waals surface area (Å²) in [5.41, 5.74) is 4.33. The summed E-state index contributed by atoms with van der Waals surface area (Å²) in [6.45, 7) is 3.94. The van der Waals surface area contributed by atoms with E-state index in [-0.39, 0.29) is 0 Å². The second kappa shape index (κ2) is 3.50. The van der Waals surface area contributed by atoms with Gasteiger partial charge in [0.15, 0.2) is 0 Å². The number of nitrogens with one attached hydrogen (secondary N) is 1. The lowest BCUT2D eigenvalue weighted by atomic mass is 10.1. The lowest BCUT2D eigenvalue weighted by Gasteiger charge is -2.18. The van der Waals surface area contributed by atoms with Gasteiger partial charge in [-0.05, 0) is 31.0 Å². The molecule has 17 heavy (non-hydrogen) atoms. The molecular weight excluding hydrogens is 212 g/mol. The van der Waals surface area contributed by atoms with Crippen molar-refractivity contribution in [1.82, 2.24) is 9.88 Å². The van der Waals surface area contributed by atoms with Crippen LogP contribution in [0.2, 0.25) is 0 Å². The molecule has 1 aromatic heterocycles. The first-order chi connectivity index (χ1) is 8.45. The topological polar surface area (TPSA) is 26.2 Å². The molecule has 0 fully saturated rings. The standard InChI is InChI=1S/C14H16N2O/c1-3-10-11-9-15-6-2-4-12(11)16-7-8-17-13(5-1)14(10)16/h1,3,5,15H,2,4,6-9H2. The molecule has 0 spiro atoms. The third-order valence-corrected chi connectivity index (χ3v) is 3.91. The maximum absolute atomic E-state index is 5.76. The summed E-state index contributed by atoms with van der Waals surface area (Å²) in [6.07, 6.45) is 2.43. The van der Waals surface area contributed by atoms with Crippen LogP contribution in [0.25, 0.3) is 10.9 Å². The fraction of sp³-hybridized carbons (Fsp3) is 0.429. The summed E-state index contributed by atoms with van der Waals surface area (Å²) in [5.74, 6) is 1.06. The fourth-order valence-corrected chi connectivity index (χ4v) is 3.19. The molecule has 4 rings (SSSR count). The zero-order valence-corrected chi connectivity index (χ0v) is 9.83. The molecule has 2 aliphatic heterocycles. The van der Waals surface area contributed by atoms with Gasteiger partial charge in [-0.2, -0.15) is 0 Å². The Bertz CT molecular complexity index is 585.